The summed E-state index contributed by atoms with van der Waals surface area (Å²) in [5.74, 6) is -2.34. The van der Waals surface area contributed by atoms with Gasteiger partial charge in [-0.15, -0.1) is 0 Å². The fraction of sp³-hybridized carbons (Fsp3) is 0.333. The van der Waals surface area contributed by atoms with E-state index in [9.17, 15) is 19.8 Å². The molecule has 0 radical (unpaired) electrons. The minimum Gasteiger partial charge on any atom is -0.492 e. The van der Waals surface area contributed by atoms with Gasteiger partial charge in [0.15, 0.2) is 12.4 Å². The third kappa shape index (κ3) is 4.38. The molecule has 9 nitrogen and oxygen atoms in total. The lowest BCUT2D eigenvalue weighted by atomic mass is 9.95. The lowest BCUT2D eigenvalue weighted by molar-refractivity contribution is -0.201. The molecule has 3 rings (SSSR count). The summed E-state index contributed by atoms with van der Waals surface area (Å²) in [4.78, 5) is 25.4. The van der Waals surface area contributed by atoms with Crippen molar-refractivity contribution < 1.29 is 34.5 Å². The highest BCUT2D eigenvalue weighted by Gasteiger charge is 2.30. The normalized spacial score (nSPS) is 13.7. The van der Waals surface area contributed by atoms with Crippen molar-refractivity contribution in [3.05, 3.63) is 53.6 Å². The molecule has 1 aliphatic heterocycles. The zero-order valence-electron chi connectivity index (χ0n) is 16.7. The van der Waals surface area contributed by atoms with Crippen LogP contribution in [0.4, 0.5) is 5.69 Å². The average Bonchev–Trinajstić information content (AvgIpc) is 2.74. The largest absolute Gasteiger partial charge is 0.492 e. The first-order chi connectivity index (χ1) is 14.2. The topological polar surface area (TPSA) is 129 Å². The minimum atomic E-state index is -1.93. The van der Waals surface area contributed by atoms with Gasteiger partial charge in [-0.2, -0.15) is 0 Å². The maximum Gasteiger partial charge on any atom is 0.274 e. The van der Waals surface area contributed by atoms with Crippen molar-refractivity contribution in [1.29, 1.82) is 0 Å². The van der Waals surface area contributed by atoms with Gasteiger partial charge in [0.2, 0.25) is 0 Å². The van der Waals surface area contributed by atoms with Crippen LogP contribution < -0.4 is 19.9 Å². The first-order valence-corrected chi connectivity index (χ1v) is 9.43. The Bertz CT molecular complexity index is 925. The molecule has 0 unspecified atom stereocenters. The van der Waals surface area contributed by atoms with Gasteiger partial charge in [-0.05, 0) is 42.5 Å². The van der Waals surface area contributed by atoms with Crippen molar-refractivity contribution in [3.63, 3.8) is 0 Å². The standard InChI is InChI=1S/C21H24N2O7/c1-13(2)21(26,27)15-4-6-16(7-5-15)29-10-9-23-17-11-14(20(25)22-28)3-8-18(17)30-12-19(23)24/h3-8,11,13,26-28H,9-10,12H2,1-2H3,(H,22,25). The Kier molecular flexibility index (Phi) is 6.25. The van der Waals surface area contributed by atoms with Crippen molar-refractivity contribution in [3.8, 4) is 11.5 Å². The number of aliphatic hydroxyl groups is 2. The Labute approximate surface area is 173 Å². The third-order valence-corrected chi connectivity index (χ3v) is 4.93. The molecule has 2 aromatic rings. The van der Waals surface area contributed by atoms with Gasteiger partial charge in [0.05, 0.1) is 12.2 Å². The van der Waals surface area contributed by atoms with E-state index in [1.165, 1.54) is 17.0 Å². The predicted molar refractivity (Wildman–Crippen MR) is 106 cm³/mol. The molecular formula is C21H24N2O7. The summed E-state index contributed by atoms with van der Waals surface area (Å²) in [6.45, 7) is 3.65. The van der Waals surface area contributed by atoms with Gasteiger partial charge in [-0.25, -0.2) is 5.48 Å². The van der Waals surface area contributed by atoms with Crippen LogP contribution in [0.3, 0.4) is 0 Å². The van der Waals surface area contributed by atoms with E-state index in [0.29, 0.717) is 22.7 Å². The summed E-state index contributed by atoms with van der Waals surface area (Å²) in [5.41, 5.74) is 2.50. The van der Waals surface area contributed by atoms with E-state index >= 15 is 0 Å². The van der Waals surface area contributed by atoms with E-state index in [4.69, 9.17) is 14.7 Å². The third-order valence-electron chi connectivity index (χ3n) is 4.93. The average molecular weight is 416 g/mol. The molecule has 0 aromatic heterocycles. The number of hydrogen-bond acceptors (Lipinski definition) is 7. The number of fused-ring (bicyclic) bond motifs is 1. The van der Waals surface area contributed by atoms with Gasteiger partial charge in [0, 0.05) is 17.0 Å². The lowest BCUT2D eigenvalue weighted by Crippen LogP contribution is -2.41. The van der Waals surface area contributed by atoms with Gasteiger partial charge in [-0.1, -0.05) is 13.8 Å². The maximum atomic E-state index is 12.3. The Morgan fingerprint density at radius 3 is 2.57 bits per heavy atom. The second-order valence-electron chi connectivity index (χ2n) is 7.21. The molecule has 0 aliphatic carbocycles. The molecular weight excluding hydrogens is 392 g/mol. The van der Waals surface area contributed by atoms with E-state index in [-0.39, 0.29) is 37.1 Å². The van der Waals surface area contributed by atoms with E-state index < -0.39 is 11.7 Å². The number of carbonyl (C=O) groups excluding carboxylic acids is 2. The fourth-order valence-electron chi connectivity index (χ4n) is 3.04. The number of hydrogen-bond donors (Lipinski definition) is 4. The van der Waals surface area contributed by atoms with E-state index in [2.05, 4.69) is 0 Å². The number of anilines is 1. The molecule has 30 heavy (non-hydrogen) atoms. The van der Waals surface area contributed by atoms with E-state index in [0.717, 1.165) is 0 Å². The highest BCUT2D eigenvalue weighted by atomic mass is 16.5. The van der Waals surface area contributed by atoms with Gasteiger partial charge < -0.3 is 24.6 Å². The summed E-state index contributed by atoms with van der Waals surface area (Å²) < 4.78 is 11.1. The van der Waals surface area contributed by atoms with Crippen LogP contribution in [0, 0.1) is 5.92 Å². The Morgan fingerprint density at radius 1 is 1.23 bits per heavy atom. The van der Waals surface area contributed by atoms with E-state index in [1.54, 1.807) is 49.7 Å². The minimum absolute atomic E-state index is 0.127. The number of hydroxylamine groups is 1. The molecule has 1 aliphatic rings. The number of amides is 2. The SMILES string of the molecule is CC(C)C(O)(O)c1ccc(OCCN2C(=O)COc3ccc(C(=O)NO)cc32)cc1. The molecule has 0 bridgehead atoms. The second kappa shape index (κ2) is 8.70. The van der Waals surface area contributed by atoms with Crippen LogP contribution in [0.25, 0.3) is 0 Å². The maximum absolute atomic E-state index is 12.3. The zero-order chi connectivity index (χ0) is 21.9. The number of carbonyl (C=O) groups is 2. The monoisotopic (exact) mass is 416 g/mol. The van der Waals surface area contributed by atoms with Crippen LogP contribution in [0.2, 0.25) is 0 Å². The first-order valence-electron chi connectivity index (χ1n) is 9.43. The van der Waals surface area contributed by atoms with Crippen molar-refractivity contribution in [2.75, 3.05) is 24.7 Å². The van der Waals surface area contributed by atoms with Crippen molar-refractivity contribution in [2.24, 2.45) is 5.92 Å². The summed E-state index contributed by atoms with van der Waals surface area (Å²) >= 11 is 0. The number of rotatable bonds is 7. The van der Waals surface area contributed by atoms with Crippen LogP contribution in [0.5, 0.6) is 11.5 Å². The highest BCUT2D eigenvalue weighted by molar-refractivity contribution is 6.01. The molecule has 0 spiro atoms. The Balaban J connectivity index is 1.68. The van der Waals surface area contributed by atoms with Gasteiger partial charge >= 0.3 is 0 Å². The molecule has 2 aromatic carbocycles. The number of nitrogens with zero attached hydrogens (tertiary/aromatic N) is 1. The number of nitrogens with one attached hydrogen (secondary N) is 1. The zero-order valence-corrected chi connectivity index (χ0v) is 16.7. The fourth-order valence-corrected chi connectivity index (χ4v) is 3.04. The summed E-state index contributed by atoms with van der Waals surface area (Å²) in [5, 5.41) is 29.0. The van der Waals surface area contributed by atoms with Crippen molar-refractivity contribution >= 4 is 17.5 Å². The van der Waals surface area contributed by atoms with Crippen LogP contribution >= 0.6 is 0 Å². The highest BCUT2D eigenvalue weighted by Crippen LogP contribution is 2.33. The molecule has 2 amide bonds. The van der Waals surface area contributed by atoms with Crippen LogP contribution in [-0.4, -0.2) is 47.0 Å². The second-order valence-corrected chi connectivity index (χ2v) is 7.21. The smallest absolute Gasteiger partial charge is 0.274 e. The van der Waals surface area contributed by atoms with Crippen LogP contribution in [0.15, 0.2) is 42.5 Å². The molecule has 0 atom stereocenters. The molecule has 0 saturated carbocycles. The van der Waals surface area contributed by atoms with Gasteiger partial charge in [-0.3, -0.25) is 14.8 Å². The van der Waals surface area contributed by atoms with Crippen molar-refractivity contribution in [2.45, 2.75) is 19.6 Å². The predicted octanol–water partition coefficient (Wildman–Crippen LogP) is 1.40. The quantitative estimate of drug-likeness (QED) is 0.305. The Morgan fingerprint density at radius 2 is 1.93 bits per heavy atom. The van der Waals surface area contributed by atoms with Crippen LogP contribution in [-0.2, 0) is 10.6 Å². The lowest BCUT2D eigenvalue weighted by Gasteiger charge is -2.29. The number of benzene rings is 2. The molecule has 0 fully saturated rings. The molecule has 4 N–H and O–H groups in total. The molecule has 9 heteroatoms. The molecule has 1 heterocycles. The van der Waals surface area contributed by atoms with E-state index in [1.807, 2.05) is 0 Å². The van der Waals surface area contributed by atoms with Gasteiger partial charge in [0.1, 0.15) is 18.1 Å². The van der Waals surface area contributed by atoms with Crippen molar-refractivity contribution in [1.82, 2.24) is 5.48 Å². The first kappa shape index (κ1) is 21.6. The summed E-state index contributed by atoms with van der Waals surface area (Å²) in [7, 11) is 0. The van der Waals surface area contributed by atoms with Gasteiger partial charge in [0.25, 0.3) is 11.8 Å². The number of ether oxygens (including phenoxy) is 2. The summed E-state index contributed by atoms with van der Waals surface area (Å²) in [6, 6.07) is 10.9. The summed E-state index contributed by atoms with van der Waals surface area (Å²) in [6.07, 6.45) is 0. The molecule has 160 valence electrons. The Hall–Kier alpha value is -3.14. The molecule has 0 saturated heterocycles. The van der Waals surface area contributed by atoms with Crippen LogP contribution in [0.1, 0.15) is 29.8 Å².